The van der Waals surface area contributed by atoms with Gasteiger partial charge in [0.1, 0.15) is 23.9 Å². The van der Waals surface area contributed by atoms with Gasteiger partial charge in [0.05, 0.1) is 57.7 Å². The molecule has 5 heterocycles. The molecule has 2 aliphatic rings. The summed E-state index contributed by atoms with van der Waals surface area (Å²) >= 11 is 0. The van der Waals surface area contributed by atoms with E-state index in [-0.39, 0.29) is 64.2 Å². The Kier molecular flexibility index (Phi) is 7.83. The fourth-order valence-electron chi connectivity index (χ4n) is 7.58. The largest absolute Gasteiger partial charge is 0.354 e. The molecule has 13 heteroatoms. The molecule has 50 heavy (non-hydrogen) atoms. The SMILES string of the molecule is C=CC(=O)N1CC2C(=O)N(C)c3c(c4cc(F)c(-c5c(C)ccc6[nH]cnc56)c(F)c4n(-c4c(C(C)C)ncnc4C(C)C)c3=O)N2CC1C. The number of halogens is 2. The van der Waals surface area contributed by atoms with E-state index in [2.05, 4.69) is 26.5 Å². The lowest BCUT2D eigenvalue weighted by Gasteiger charge is -2.50. The number of carbonyl (C=O) groups excluding carboxylic acids is 2. The Morgan fingerprint density at radius 2 is 1.68 bits per heavy atom. The number of hydrogen-bond donors (Lipinski definition) is 1. The zero-order valence-electron chi connectivity index (χ0n) is 29.0. The Hall–Kier alpha value is -5.46. The molecule has 2 atom stereocenters. The van der Waals surface area contributed by atoms with Gasteiger partial charge < -0.3 is 19.7 Å². The van der Waals surface area contributed by atoms with Crippen molar-refractivity contribution in [1.82, 2.24) is 29.4 Å². The minimum Gasteiger partial charge on any atom is -0.354 e. The molecule has 1 saturated heterocycles. The van der Waals surface area contributed by atoms with E-state index in [0.717, 1.165) is 0 Å². The molecular weight excluding hydrogens is 642 g/mol. The molecule has 258 valence electrons. The highest BCUT2D eigenvalue weighted by Crippen LogP contribution is 2.46. The van der Waals surface area contributed by atoms with Crippen LogP contribution in [0.4, 0.5) is 20.2 Å². The second-order valence-electron chi connectivity index (χ2n) is 13.7. The number of fused-ring (bicyclic) bond motifs is 6. The Bertz CT molecular complexity index is 2300. The third-order valence-corrected chi connectivity index (χ3v) is 9.98. The maximum atomic E-state index is 17.8. The van der Waals surface area contributed by atoms with Crippen LogP contribution in [0.15, 0.2) is 48.3 Å². The quantitative estimate of drug-likeness (QED) is 0.236. The van der Waals surface area contributed by atoms with Gasteiger partial charge in [0.15, 0.2) is 5.82 Å². The van der Waals surface area contributed by atoms with Gasteiger partial charge in [-0.1, -0.05) is 40.3 Å². The Labute approximate surface area is 287 Å². The van der Waals surface area contributed by atoms with Crippen LogP contribution >= 0.6 is 0 Å². The summed E-state index contributed by atoms with van der Waals surface area (Å²) in [6.45, 7) is 15.0. The van der Waals surface area contributed by atoms with Crippen LogP contribution < -0.4 is 15.4 Å². The predicted molar refractivity (Wildman–Crippen MR) is 189 cm³/mol. The van der Waals surface area contributed by atoms with Crippen LogP contribution in [0.5, 0.6) is 0 Å². The number of aromatic nitrogens is 5. The van der Waals surface area contributed by atoms with E-state index in [9.17, 15) is 9.59 Å². The van der Waals surface area contributed by atoms with Gasteiger partial charge in [-0.25, -0.2) is 23.7 Å². The molecule has 0 aliphatic carbocycles. The number of benzene rings is 2. The van der Waals surface area contributed by atoms with Crippen molar-refractivity contribution in [1.29, 1.82) is 0 Å². The number of nitrogens with zero attached hydrogens (tertiary/aromatic N) is 7. The molecule has 0 radical (unpaired) electrons. The fourth-order valence-corrected chi connectivity index (χ4v) is 7.58. The summed E-state index contributed by atoms with van der Waals surface area (Å²) in [5.41, 5.74) is 2.11. The number of nitrogens with one attached hydrogen (secondary N) is 1. The first kappa shape index (κ1) is 33.1. The molecule has 0 bridgehead atoms. The average Bonchev–Trinajstić information content (AvgIpc) is 3.56. The topological polar surface area (TPSA) is 120 Å². The van der Waals surface area contributed by atoms with Crippen LogP contribution in [0.2, 0.25) is 0 Å². The number of anilines is 2. The fraction of sp³-hybridized carbons (Fsp3) is 0.351. The molecule has 3 aromatic heterocycles. The molecule has 0 saturated carbocycles. The first-order chi connectivity index (χ1) is 23.8. The number of likely N-dealkylation sites (N-methyl/N-ethyl adjacent to an activating group) is 1. The zero-order chi connectivity index (χ0) is 35.9. The second-order valence-corrected chi connectivity index (χ2v) is 13.7. The molecule has 0 spiro atoms. The van der Waals surface area contributed by atoms with Crippen molar-refractivity contribution in [2.75, 3.05) is 29.9 Å². The molecule has 7 rings (SSSR count). The van der Waals surface area contributed by atoms with Crippen LogP contribution in [-0.4, -0.2) is 73.4 Å². The normalized spacial score (nSPS) is 17.7. The van der Waals surface area contributed by atoms with Gasteiger partial charge >= 0.3 is 0 Å². The molecule has 5 aromatic rings. The summed E-state index contributed by atoms with van der Waals surface area (Å²) in [4.78, 5) is 63.1. The van der Waals surface area contributed by atoms with Gasteiger partial charge in [0, 0.05) is 30.6 Å². The van der Waals surface area contributed by atoms with E-state index >= 15 is 13.6 Å². The van der Waals surface area contributed by atoms with Crippen LogP contribution in [0.25, 0.3) is 38.8 Å². The summed E-state index contributed by atoms with van der Waals surface area (Å²) in [6.07, 6.45) is 4.08. The molecule has 2 unspecified atom stereocenters. The van der Waals surface area contributed by atoms with Gasteiger partial charge in [-0.05, 0) is 49.5 Å². The maximum Gasteiger partial charge on any atom is 0.281 e. The maximum absolute atomic E-state index is 17.8. The summed E-state index contributed by atoms with van der Waals surface area (Å²) in [7, 11) is 1.48. The number of imidazole rings is 1. The van der Waals surface area contributed by atoms with Crippen molar-refractivity contribution in [3.05, 3.63) is 82.4 Å². The molecule has 2 aliphatic heterocycles. The monoisotopic (exact) mass is 680 g/mol. The summed E-state index contributed by atoms with van der Waals surface area (Å²) < 4.78 is 35.9. The van der Waals surface area contributed by atoms with Crippen molar-refractivity contribution < 1.29 is 18.4 Å². The minimum atomic E-state index is -0.962. The summed E-state index contributed by atoms with van der Waals surface area (Å²) in [6, 6.07) is 3.48. The standard InChI is InChI=1S/C37H38F2N8O3/c1-9-25(48)45-14-24-36(49)44(8)35-33(46(24)13-20(45)7)21-12-22(38)27(26-19(6)10-11-23-31(26)43-15-40-23)28(39)32(21)47(37(35)50)34-29(17(2)3)41-16-42-30(34)18(4)5/h9-12,15-18,20,24H,1,13-14H2,2-8H3,(H,40,43). The van der Waals surface area contributed by atoms with Crippen molar-refractivity contribution in [2.45, 2.75) is 65.5 Å². The highest BCUT2D eigenvalue weighted by molar-refractivity contribution is 6.13. The van der Waals surface area contributed by atoms with Gasteiger partial charge in [-0.2, -0.15) is 0 Å². The number of pyridine rings is 1. The Morgan fingerprint density at radius 3 is 2.32 bits per heavy atom. The molecular formula is C37H38F2N8O3. The number of aromatic amines is 1. The van der Waals surface area contributed by atoms with E-state index < -0.39 is 35.2 Å². The molecule has 1 N–H and O–H groups in total. The Morgan fingerprint density at radius 1 is 1.00 bits per heavy atom. The Balaban J connectivity index is 1.67. The number of hydrogen-bond acceptors (Lipinski definition) is 7. The van der Waals surface area contributed by atoms with Gasteiger partial charge in [0.25, 0.3) is 11.5 Å². The first-order valence-corrected chi connectivity index (χ1v) is 16.6. The van der Waals surface area contributed by atoms with Crippen LogP contribution in [0, 0.1) is 18.6 Å². The van der Waals surface area contributed by atoms with Crippen molar-refractivity contribution >= 4 is 45.1 Å². The first-order valence-electron chi connectivity index (χ1n) is 16.6. The van der Waals surface area contributed by atoms with E-state index in [0.29, 0.717) is 33.7 Å². The summed E-state index contributed by atoms with van der Waals surface area (Å²) in [5, 5.41) is 0.0959. The number of aryl methyl sites for hydroxylation is 1. The van der Waals surface area contributed by atoms with Gasteiger partial charge in [-0.3, -0.25) is 19.0 Å². The van der Waals surface area contributed by atoms with Crippen LogP contribution in [-0.2, 0) is 9.59 Å². The number of piperazine rings is 1. The third-order valence-electron chi connectivity index (χ3n) is 9.98. The van der Waals surface area contributed by atoms with Crippen LogP contribution in [0.3, 0.4) is 0 Å². The molecule has 11 nitrogen and oxygen atoms in total. The number of amides is 2. The lowest BCUT2D eigenvalue weighted by molar-refractivity contribution is -0.130. The smallest absolute Gasteiger partial charge is 0.281 e. The van der Waals surface area contributed by atoms with E-state index in [1.54, 1.807) is 28.9 Å². The van der Waals surface area contributed by atoms with Gasteiger partial charge in [0.2, 0.25) is 5.91 Å². The highest BCUT2D eigenvalue weighted by atomic mass is 19.1. The summed E-state index contributed by atoms with van der Waals surface area (Å²) in [5.74, 6) is -3.02. The minimum absolute atomic E-state index is 0.00410. The van der Waals surface area contributed by atoms with E-state index in [1.807, 2.05) is 34.6 Å². The lowest BCUT2D eigenvalue weighted by Crippen LogP contribution is -2.66. The number of rotatable bonds is 5. The number of H-pyrrole nitrogens is 1. The van der Waals surface area contributed by atoms with E-state index in [1.165, 1.54) is 41.3 Å². The predicted octanol–water partition coefficient (Wildman–Crippen LogP) is 5.73. The van der Waals surface area contributed by atoms with Crippen molar-refractivity contribution in [3.63, 3.8) is 0 Å². The molecule has 1 fully saturated rings. The highest BCUT2D eigenvalue weighted by Gasteiger charge is 2.46. The third kappa shape index (κ3) is 4.66. The van der Waals surface area contributed by atoms with Crippen molar-refractivity contribution in [2.24, 2.45) is 0 Å². The zero-order valence-corrected chi connectivity index (χ0v) is 29.0. The average molecular weight is 681 g/mol. The van der Waals surface area contributed by atoms with Gasteiger partial charge in [-0.15, -0.1) is 0 Å². The lowest BCUT2D eigenvalue weighted by atomic mass is 9.93. The van der Waals surface area contributed by atoms with Crippen LogP contribution in [0.1, 0.15) is 63.4 Å². The van der Waals surface area contributed by atoms with E-state index in [4.69, 9.17) is 0 Å². The number of carbonyl (C=O) groups is 2. The van der Waals surface area contributed by atoms with Crippen molar-refractivity contribution in [3.8, 4) is 16.8 Å². The molecule has 2 aromatic carbocycles. The molecule has 2 amide bonds. The second kappa shape index (κ2) is 11.9.